The lowest BCUT2D eigenvalue weighted by Crippen LogP contribution is -2.38. The van der Waals surface area contributed by atoms with Crippen molar-refractivity contribution in [3.05, 3.63) is 35.9 Å². The SMILES string of the molecule is C#CCC1CCN(C(=O)OCCCOCc2ccccc2)CC1. The molecule has 2 rings (SSSR count). The Hall–Kier alpha value is -1.99. The highest BCUT2D eigenvalue weighted by Gasteiger charge is 2.22. The van der Waals surface area contributed by atoms with Crippen LogP contribution in [0.25, 0.3) is 0 Å². The molecule has 1 saturated heterocycles. The van der Waals surface area contributed by atoms with Crippen LogP contribution < -0.4 is 0 Å². The molecule has 23 heavy (non-hydrogen) atoms. The maximum Gasteiger partial charge on any atom is 0.409 e. The molecule has 0 N–H and O–H groups in total. The van der Waals surface area contributed by atoms with Crippen LogP contribution in [0.5, 0.6) is 0 Å². The van der Waals surface area contributed by atoms with E-state index in [1.165, 1.54) is 0 Å². The molecule has 0 unspecified atom stereocenters. The van der Waals surface area contributed by atoms with E-state index in [1.807, 2.05) is 30.3 Å². The van der Waals surface area contributed by atoms with Gasteiger partial charge in [0.25, 0.3) is 0 Å². The van der Waals surface area contributed by atoms with Crippen LogP contribution in [-0.2, 0) is 16.1 Å². The number of hydrogen-bond acceptors (Lipinski definition) is 3. The van der Waals surface area contributed by atoms with Crippen LogP contribution in [0.3, 0.4) is 0 Å². The molecular weight excluding hydrogens is 290 g/mol. The summed E-state index contributed by atoms with van der Waals surface area (Å²) in [5.74, 6) is 3.25. The average molecular weight is 315 g/mol. The number of piperidine rings is 1. The van der Waals surface area contributed by atoms with E-state index < -0.39 is 0 Å². The summed E-state index contributed by atoms with van der Waals surface area (Å²) < 4.78 is 10.9. The number of carbonyl (C=O) groups is 1. The van der Waals surface area contributed by atoms with Crippen LogP contribution in [0.4, 0.5) is 4.79 Å². The molecule has 1 aromatic rings. The third kappa shape index (κ3) is 6.33. The normalized spacial score (nSPS) is 15.2. The van der Waals surface area contributed by atoms with E-state index in [2.05, 4.69) is 5.92 Å². The second-order valence-corrected chi connectivity index (χ2v) is 5.84. The maximum atomic E-state index is 11.9. The van der Waals surface area contributed by atoms with Crippen LogP contribution in [0.1, 0.15) is 31.2 Å². The second kappa shape index (κ2) is 9.91. The zero-order valence-electron chi connectivity index (χ0n) is 13.6. The molecule has 0 radical (unpaired) electrons. The quantitative estimate of drug-likeness (QED) is 0.571. The molecule has 4 nitrogen and oxygen atoms in total. The summed E-state index contributed by atoms with van der Waals surface area (Å²) in [6.45, 7) is 3.08. The van der Waals surface area contributed by atoms with Gasteiger partial charge in [0.15, 0.2) is 0 Å². The number of nitrogens with zero attached hydrogens (tertiary/aromatic N) is 1. The molecule has 0 aromatic heterocycles. The highest BCUT2D eigenvalue weighted by atomic mass is 16.6. The molecule has 124 valence electrons. The van der Waals surface area contributed by atoms with Crippen molar-refractivity contribution in [1.29, 1.82) is 0 Å². The standard InChI is InChI=1S/C19H25NO3/c1-2-7-17-10-12-20(13-11-17)19(21)23-15-6-14-22-16-18-8-4-3-5-9-18/h1,3-5,8-9,17H,6-7,10-16H2. The number of amides is 1. The molecule has 0 bridgehead atoms. The fourth-order valence-corrected chi connectivity index (χ4v) is 2.66. The van der Waals surface area contributed by atoms with Crippen molar-refractivity contribution < 1.29 is 14.3 Å². The molecular formula is C19H25NO3. The lowest BCUT2D eigenvalue weighted by atomic mass is 9.94. The smallest absolute Gasteiger partial charge is 0.409 e. The Morgan fingerprint density at radius 3 is 2.65 bits per heavy atom. The second-order valence-electron chi connectivity index (χ2n) is 5.84. The molecule has 1 heterocycles. The van der Waals surface area contributed by atoms with Crippen molar-refractivity contribution in [3.8, 4) is 12.3 Å². The van der Waals surface area contributed by atoms with Crippen molar-refractivity contribution in [2.24, 2.45) is 5.92 Å². The van der Waals surface area contributed by atoms with Gasteiger partial charge >= 0.3 is 6.09 Å². The number of likely N-dealkylation sites (tertiary alicyclic amines) is 1. The zero-order chi connectivity index (χ0) is 16.3. The maximum absolute atomic E-state index is 11.9. The monoisotopic (exact) mass is 315 g/mol. The highest BCUT2D eigenvalue weighted by Crippen LogP contribution is 2.20. The van der Waals surface area contributed by atoms with E-state index in [0.29, 0.717) is 32.2 Å². The van der Waals surface area contributed by atoms with E-state index in [9.17, 15) is 4.79 Å². The predicted molar refractivity (Wildman–Crippen MR) is 89.8 cm³/mol. The van der Waals surface area contributed by atoms with Crippen molar-refractivity contribution >= 4 is 6.09 Å². The van der Waals surface area contributed by atoms with Crippen LogP contribution in [0.15, 0.2) is 30.3 Å². The molecule has 0 spiro atoms. The van der Waals surface area contributed by atoms with Crippen molar-refractivity contribution in [3.63, 3.8) is 0 Å². The predicted octanol–water partition coefficient (Wildman–Crippen LogP) is 3.47. The first-order valence-corrected chi connectivity index (χ1v) is 8.26. The van der Waals surface area contributed by atoms with E-state index in [1.54, 1.807) is 4.90 Å². The Morgan fingerprint density at radius 2 is 1.96 bits per heavy atom. The van der Waals surface area contributed by atoms with E-state index in [-0.39, 0.29) is 6.09 Å². The van der Waals surface area contributed by atoms with Crippen molar-refractivity contribution in [2.45, 2.75) is 32.3 Å². The fourth-order valence-electron chi connectivity index (χ4n) is 2.66. The number of benzene rings is 1. The van der Waals surface area contributed by atoms with Gasteiger partial charge in [-0.05, 0) is 24.3 Å². The molecule has 1 amide bonds. The Bertz CT molecular complexity index is 501. The van der Waals surface area contributed by atoms with Crippen molar-refractivity contribution in [2.75, 3.05) is 26.3 Å². The lowest BCUT2D eigenvalue weighted by molar-refractivity contribution is 0.0681. The first kappa shape index (κ1) is 17.4. The molecule has 1 aromatic carbocycles. The average Bonchev–Trinajstić information content (AvgIpc) is 2.59. The summed E-state index contributed by atoms with van der Waals surface area (Å²) in [6, 6.07) is 10.0. The van der Waals surface area contributed by atoms with Gasteiger partial charge in [-0.2, -0.15) is 0 Å². The van der Waals surface area contributed by atoms with Gasteiger partial charge in [-0.3, -0.25) is 0 Å². The van der Waals surface area contributed by atoms with Gasteiger partial charge in [-0.1, -0.05) is 30.3 Å². The van der Waals surface area contributed by atoms with Crippen LogP contribution in [0.2, 0.25) is 0 Å². The third-order valence-corrected chi connectivity index (χ3v) is 4.05. The van der Waals surface area contributed by atoms with Gasteiger partial charge in [-0.25, -0.2) is 4.79 Å². The van der Waals surface area contributed by atoms with Gasteiger partial charge in [-0.15, -0.1) is 12.3 Å². The minimum Gasteiger partial charge on any atom is -0.449 e. The summed E-state index contributed by atoms with van der Waals surface area (Å²) in [6.07, 6.45) is 8.58. The topological polar surface area (TPSA) is 38.8 Å². The van der Waals surface area contributed by atoms with Gasteiger partial charge < -0.3 is 14.4 Å². The van der Waals surface area contributed by atoms with E-state index >= 15 is 0 Å². The van der Waals surface area contributed by atoms with Crippen molar-refractivity contribution in [1.82, 2.24) is 4.90 Å². The number of terminal acetylenes is 1. The first-order valence-electron chi connectivity index (χ1n) is 8.26. The van der Waals surface area contributed by atoms with Crippen LogP contribution in [0, 0.1) is 18.3 Å². The Morgan fingerprint density at radius 1 is 1.22 bits per heavy atom. The largest absolute Gasteiger partial charge is 0.449 e. The highest BCUT2D eigenvalue weighted by molar-refractivity contribution is 5.67. The van der Waals surface area contributed by atoms with E-state index in [0.717, 1.165) is 37.9 Å². The molecule has 0 saturated carbocycles. The molecule has 0 atom stereocenters. The molecule has 4 heteroatoms. The Balaban J connectivity index is 1.51. The number of hydrogen-bond donors (Lipinski definition) is 0. The molecule has 1 aliphatic heterocycles. The lowest BCUT2D eigenvalue weighted by Gasteiger charge is -2.30. The zero-order valence-corrected chi connectivity index (χ0v) is 13.6. The summed E-state index contributed by atoms with van der Waals surface area (Å²) in [5.41, 5.74) is 1.15. The van der Waals surface area contributed by atoms with Gasteiger partial charge in [0.1, 0.15) is 0 Å². The molecule has 1 aliphatic rings. The minimum absolute atomic E-state index is 0.216. The first-order chi connectivity index (χ1) is 11.3. The third-order valence-electron chi connectivity index (χ3n) is 4.05. The number of carbonyl (C=O) groups excluding carboxylic acids is 1. The van der Waals surface area contributed by atoms with Gasteiger partial charge in [0.05, 0.1) is 19.8 Å². The molecule has 0 aliphatic carbocycles. The summed E-state index contributed by atoms with van der Waals surface area (Å²) in [5, 5.41) is 0. The molecule has 1 fully saturated rings. The van der Waals surface area contributed by atoms with Crippen LogP contribution in [-0.4, -0.2) is 37.3 Å². The number of rotatable bonds is 7. The van der Waals surface area contributed by atoms with Gasteiger partial charge in [0.2, 0.25) is 0 Å². The Labute approximate surface area is 138 Å². The summed E-state index contributed by atoms with van der Waals surface area (Å²) in [4.78, 5) is 13.7. The Kier molecular flexibility index (Phi) is 7.48. The van der Waals surface area contributed by atoms with Gasteiger partial charge in [0, 0.05) is 25.9 Å². The summed E-state index contributed by atoms with van der Waals surface area (Å²) in [7, 11) is 0. The summed E-state index contributed by atoms with van der Waals surface area (Å²) >= 11 is 0. The fraction of sp³-hybridized carbons (Fsp3) is 0.526. The minimum atomic E-state index is -0.216. The number of ether oxygens (including phenoxy) is 2. The van der Waals surface area contributed by atoms with Crippen LogP contribution >= 0.6 is 0 Å². The van der Waals surface area contributed by atoms with E-state index in [4.69, 9.17) is 15.9 Å².